The second-order valence-corrected chi connectivity index (χ2v) is 8.11. The Balaban J connectivity index is 1.63. The van der Waals surface area contributed by atoms with Crippen molar-refractivity contribution in [2.45, 2.75) is 19.9 Å². The summed E-state index contributed by atoms with van der Waals surface area (Å²) in [6.07, 6.45) is 0. The number of allylic oxidation sites excluding steroid dienone is 1. The molecule has 5 rings (SSSR count). The van der Waals surface area contributed by atoms with Gasteiger partial charge in [0.2, 0.25) is 5.82 Å². The Morgan fingerprint density at radius 3 is 2.47 bits per heavy atom. The molecule has 0 saturated carbocycles. The van der Waals surface area contributed by atoms with E-state index >= 15 is 0 Å². The highest BCUT2D eigenvalue weighted by molar-refractivity contribution is 6.01. The Hall–Kier alpha value is -4.53. The highest BCUT2D eigenvalue weighted by Crippen LogP contribution is 2.39. The van der Waals surface area contributed by atoms with Crippen LogP contribution in [0.5, 0.6) is 5.75 Å². The van der Waals surface area contributed by atoms with Crippen LogP contribution < -0.4 is 15.0 Å². The molecule has 4 aromatic rings. The first-order valence-electron chi connectivity index (χ1n) is 11.3. The summed E-state index contributed by atoms with van der Waals surface area (Å²) in [6, 6.07) is 18.7. The lowest BCUT2D eigenvalue weighted by Gasteiger charge is -2.35. The summed E-state index contributed by atoms with van der Waals surface area (Å²) < 4.78 is 38.8. The number of rotatable bonds is 6. The summed E-state index contributed by atoms with van der Waals surface area (Å²) in [5.74, 6) is -0.800. The maximum absolute atomic E-state index is 14.0. The zero-order chi connectivity index (χ0) is 25.2. The maximum Gasteiger partial charge on any atom is 0.327 e. The van der Waals surface area contributed by atoms with Gasteiger partial charge in [-0.25, -0.2) is 13.6 Å². The van der Waals surface area contributed by atoms with Gasteiger partial charge in [0.25, 0.3) is 5.89 Å². The Labute approximate surface area is 206 Å². The van der Waals surface area contributed by atoms with Gasteiger partial charge in [0.1, 0.15) is 5.75 Å². The van der Waals surface area contributed by atoms with Crippen molar-refractivity contribution in [2.75, 3.05) is 11.5 Å². The van der Waals surface area contributed by atoms with Gasteiger partial charge in [-0.15, -0.1) is 0 Å². The van der Waals surface area contributed by atoms with E-state index in [9.17, 15) is 13.6 Å². The first kappa shape index (κ1) is 23.2. The van der Waals surface area contributed by atoms with Gasteiger partial charge < -0.3 is 14.6 Å². The van der Waals surface area contributed by atoms with Crippen molar-refractivity contribution in [1.29, 1.82) is 0 Å². The normalized spacial score (nSPS) is 15.7. The lowest BCUT2D eigenvalue weighted by molar-refractivity contribution is 0.244. The molecule has 1 aliphatic rings. The predicted molar refractivity (Wildman–Crippen MR) is 130 cm³/mol. The van der Waals surface area contributed by atoms with Crippen LogP contribution in [-0.2, 0) is 0 Å². The molecule has 182 valence electrons. The number of amides is 2. The van der Waals surface area contributed by atoms with Crippen LogP contribution in [0.25, 0.3) is 17.0 Å². The molecule has 0 aliphatic carbocycles. The summed E-state index contributed by atoms with van der Waals surface area (Å²) in [6.45, 7) is 4.12. The maximum atomic E-state index is 14.0. The van der Waals surface area contributed by atoms with Crippen LogP contribution in [-0.4, -0.2) is 22.8 Å². The van der Waals surface area contributed by atoms with Crippen LogP contribution in [0.4, 0.5) is 19.3 Å². The van der Waals surface area contributed by atoms with Crippen molar-refractivity contribution in [3.8, 4) is 17.1 Å². The van der Waals surface area contributed by atoms with E-state index in [1.54, 1.807) is 6.92 Å². The summed E-state index contributed by atoms with van der Waals surface area (Å²) in [7, 11) is 0. The fraction of sp³-hybridized carbons (Fsp3) is 0.148. The SMILES string of the molecule is CCOc1ccc(C2NC(=O)N(c3ccc(F)c(F)c3)C(C)=C2c2nc(-c3ccccc3)no2)cc1. The monoisotopic (exact) mass is 488 g/mol. The highest BCUT2D eigenvalue weighted by atomic mass is 19.2. The number of anilines is 1. The van der Waals surface area contributed by atoms with Gasteiger partial charge >= 0.3 is 6.03 Å². The van der Waals surface area contributed by atoms with Crippen molar-refractivity contribution in [3.05, 3.63) is 102 Å². The van der Waals surface area contributed by atoms with Crippen molar-refractivity contribution in [3.63, 3.8) is 0 Å². The van der Waals surface area contributed by atoms with Crippen LogP contribution in [0.15, 0.2) is 83.0 Å². The topological polar surface area (TPSA) is 80.5 Å². The van der Waals surface area contributed by atoms with E-state index in [-0.39, 0.29) is 11.6 Å². The minimum absolute atomic E-state index is 0.161. The van der Waals surface area contributed by atoms with Crippen LogP contribution in [0, 0.1) is 11.6 Å². The molecular formula is C27H22F2N4O3. The minimum atomic E-state index is -1.06. The molecule has 2 heterocycles. The molecule has 1 aliphatic heterocycles. The van der Waals surface area contributed by atoms with Crippen LogP contribution in [0.3, 0.4) is 0 Å². The summed E-state index contributed by atoms with van der Waals surface area (Å²) >= 11 is 0. The van der Waals surface area contributed by atoms with E-state index in [0.29, 0.717) is 29.5 Å². The average molecular weight is 488 g/mol. The standard InChI is InChI=1S/C27H22F2N4O3/c1-3-35-20-12-9-17(10-13-20)24-23(26-31-25(32-36-26)18-7-5-4-6-8-18)16(2)33(27(34)30-24)19-11-14-21(28)22(29)15-19/h4-15,24H,3H2,1-2H3,(H,30,34). The van der Waals surface area contributed by atoms with Crippen LogP contribution in [0.2, 0.25) is 0 Å². The Kier molecular flexibility index (Phi) is 6.20. The number of carbonyl (C=O) groups excluding carboxylic acids is 1. The van der Waals surface area contributed by atoms with Gasteiger partial charge in [-0.05, 0) is 43.7 Å². The van der Waals surface area contributed by atoms with Gasteiger partial charge in [0.15, 0.2) is 11.6 Å². The van der Waals surface area contributed by atoms with E-state index in [2.05, 4.69) is 15.5 Å². The number of nitrogens with one attached hydrogen (secondary N) is 1. The molecule has 36 heavy (non-hydrogen) atoms. The molecule has 7 nitrogen and oxygen atoms in total. The van der Waals surface area contributed by atoms with Crippen molar-refractivity contribution >= 4 is 17.3 Å². The fourth-order valence-electron chi connectivity index (χ4n) is 4.17. The molecule has 2 amide bonds. The molecule has 0 radical (unpaired) electrons. The second-order valence-electron chi connectivity index (χ2n) is 8.11. The Bertz CT molecular complexity index is 1440. The third-order valence-electron chi connectivity index (χ3n) is 5.86. The highest BCUT2D eigenvalue weighted by Gasteiger charge is 2.36. The van der Waals surface area contributed by atoms with Crippen LogP contribution in [0.1, 0.15) is 31.3 Å². The Morgan fingerprint density at radius 2 is 1.78 bits per heavy atom. The van der Waals surface area contributed by atoms with Crippen LogP contribution >= 0.6 is 0 Å². The smallest absolute Gasteiger partial charge is 0.327 e. The van der Waals surface area contributed by atoms with Gasteiger partial charge in [0, 0.05) is 17.3 Å². The number of hydrogen-bond acceptors (Lipinski definition) is 5. The molecule has 1 N–H and O–H groups in total. The minimum Gasteiger partial charge on any atom is -0.494 e. The van der Waals surface area contributed by atoms with Crippen molar-refractivity contribution < 1.29 is 22.8 Å². The molecular weight excluding hydrogens is 466 g/mol. The average Bonchev–Trinajstić information content (AvgIpc) is 3.37. The number of hydrogen-bond donors (Lipinski definition) is 1. The number of benzene rings is 3. The third kappa shape index (κ3) is 4.31. The molecule has 1 atom stereocenters. The molecule has 3 aromatic carbocycles. The first-order chi connectivity index (χ1) is 17.5. The number of ether oxygens (including phenoxy) is 1. The van der Waals surface area contributed by atoms with Crippen molar-refractivity contribution in [2.24, 2.45) is 0 Å². The molecule has 9 heteroatoms. The number of carbonyl (C=O) groups is 1. The molecule has 0 saturated heterocycles. The molecule has 1 unspecified atom stereocenters. The zero-order valence-electron chi connectivity index (χ0n) is 19.5. The van der Waals surface area contributed by atoms with E-state index in [4.69, 9.17) is 9.26 Å². The fourth-order valence-corrected chi connectivity index (χ4v) is 4.17. The molecule has 0 spiro atoms. The Morgan fingerprint density at radius 1 is 1.03 bits per heavy atom. The van der Waals surface area contributed by atoms with Gasteiger partial charge in [0.05, 0.1) is 23.9 Å². The molecule has 0 bridgehead atoms. The quantitative estimate of drug-likeness (QED) is 0.354. The molecule has 0 fully saturated rings. The third-order valence-corrected chi connectivity index (χ3v) is 5.86. The zero-order valence-corrected chi connectivity index (χ0v) is 19.5. The van der Waals surface area contributed by atoms with E-state index in [0.717, 1.165) is 23.3 Å². The summed E-state index contributed by atoms with van der Waals surface area (Å²) in [5.41, 5.74) is 2.64. The number of urea groups is 1. The lowest BCUT2D eigenvalue weighted by atomic mass is 9.94. The van der Waals surface area contributed by atoms with E-state index in [1.807, 2.05) is 61.5 Å². The molecule has 1 aromatic heterocycles. The summed E-state index contributed by atoms with van der Waals surface area (Å²) in [5, 5.41) is 7.06. The van der Waals surface area contributed by atoms with E-state index in [1.165, 1.54) is 11.0 Å². The van der Waals surface area contributed by atoms with E-state index < -0.39 is 23.7 Å². The lowest BCUT2D eigenvalue weighted by Crippen LogP contribution is -2.46. The number of nitrogens with zero attached hydrogens (tertiary/aromatic N) is 3. The van der Waals surface area contributed by atoms with Gasteiger partial charge in [-0.2, -0.15) is 4.98 Å². The predicted octanol–water partition coefficient (Wildman–Crippen LogP) is 6.12. The van der Waals surface area contributed by atoms with Gasteiger partial charge in [-0.3, -0.25) is 4.90 Å². The number of aromatic nitrogens is 2. The second kappa shape index (κ2) is 9.61. The largest absolute Gasteiger partial charge is 0.494 e. The first-order valence-corrected chi connectivity index (χ1v) is 11.3. The van der Waals surface area contributed by atoms with Gasteiger partial charge in [-0.1, -0.05) is 47.6 Å². The number of halogens is 2. The van der Waals surface area contributed by atoms with Crippen molar-refractivity contribution in [1.82, 2.24) is 15.5 Å². The summed E-state index contributed by atoms with van der Waals surface area (Å²) in [4.78, 5) is 19.1.